The van der Waals surface area contributed by atoms with Crippen LogP contribution in [0.25, 0.3) is 10.4 Å². The summed E-state index contributed by atoms with van der Waals surface area (Å²) in [7, 11) is 0. The second kappa shape index (κ2) is 9.76. The summed E-state index contributed by atoms with van der Waals surface area (Å²) in [5.41, 5.74) is 2.34. The Morgan fingerprint density at radius 2 is 1.77 bits per heavy atom. The lowest BCUT2D eigenvalue weighted by molar-refractivity contribution is -0.124. The molecule has 31 heavy (non-hydrogen) atoms. The van der Waals surface area contributed by atoms with Crippen molar-refractivity contribution in [1.82, 2.24) is 0 Å². The maximum atomic E-state index is 12.9. The SMILES string of the molecule is CCOc1cc(-c2ccccc2)sc1C(=O)Nc1ccc(NC(=O)C2CCCO2)cc1. The molecule has 1 aromatic heterocycles. The lowest BCUT2D eigenvalue weighted by atomic mass is 10.2. The molecule has 4 rings (SSSR count). The Bertz CT molecular complexity index is 1040. The predicted octanol–water partition coefficient (Wildman–Crippen LogP) is 5.18. The highest BCUT2D eigenvalue weighted by atomic mass is 32.1. The fourth-order valence-electron chi connectivity index (χ4n) is 3.37. The molecule has 0 radical (unpaired) electrons. The Morgan fingerprint density at radius 3 is 2.42 bits per heavy atom. The van der Waals surface area contributed by atoms with E-state index in [1.807, 2.05) is 43.3 Å². The van der Waals surface area contributed by atoms with Gasteiger partial charge in [-0.1, -0.05) is 30.3 Å². The maximum Gasteiger partial charge on any atom is 0.269 e. The Labute approximate surface area is 185 Å². The fraction of sp³-hybridized carbons (Fsp3) is 0.250. The van der Waals surface area contributed by atoms with E-state index in [1.54, 1.807) is 24.3 Å². The van der Waals surface area contributed by atoms with Crippen molar-refractivity contribution in [3.63, 3.8) is 0 Å². The molecule has 7 heteroatoms. The van der Waals surface area contributed by atoms with Crippen LogP contribution in [0.3, 0.4) is 0 Å². The second-order valence-electron chi connectivity index (χ2n) is 7.13. The smallest absolute Gasteiger partial charge is 0.269 e. The highest BCUT2D eigenvalue weighted by molar-refractivity contribution is 7.17. The van der Waals surface area contributed by atoms with Crippen LogP contribution in [-0.2, 0) is 9.53 Å². The number of thiophene rings is 1. The number of nitrogens with one attached hydrogen (secondary N) is 2. The molecule has 2 N–H and O–H groups in total. The van der Waals surface area contributed by atoms with Crippen molar-refractivity contribution in [2.24, 2.45) is 0 Å². The number of anilines is 2. The van der Waals surface area contributed by atoms with Gasteiger partial charge in [0, 0.05) is 22.9 Å². The third-order valence-corrected chi connectivity index (χ3v) is 6.06. The van der Waals surface area contributed by atoms with Gasteiger partial charge in [-0.15, -0.1) is 11.3 Å². The molecule has 0 spiro atoms. The zero-order valence-electron chi connectivity index (χ0n) is 17.2. The largest absolute Gasteiger partial charge is 0.492 e. The van der Waals surface area contributed by atoms with Crippen LogP contribution < -0.4 is 15.4 Å². The molecular weight excluding hydrogens is 412 g/mol. The molecule has 1 fully saturated rings. The van der Waals surface area contributed by atoms with Gasteiger partial charge in [-0.3, -0.25) is 9.59 Å². The maximum absolute atomic E-state index is 12.9. The van der Waals surface area contributed by atoms with Crippen LogP contribution in [0, 0.1) is 0 Å². The minimum absolute atomic E-state index is 0.136. The highest BCUT2D eigenvalue weighted by Crippen LogP contribution is 2.36. The second-order valence-corrected chi connectivity index (χ2v) is 8.18. The summed E-state index contributed by atoms with van der Waals surface area (Å²) in [4.78, 5) is 26.6. The quantitative estimate of drug-likeness (QED) is 0.535. The normalized spacial score (nSPS) is 15.5. The molecule has 0 bridgehead atoms. The van der Waals surface area contributed by atoms with Gasteiger partial charge >= 0.3 is 0 Å². The predicted molar refractivity (Wildman–Crippen MR) is 123 cm³/mol. The molecule has 2 amide bonds. The summed E-state index contributed by atoms with van der Waals surface area (Å²) >= 11 is 1.40. The number of carbonyl (C=O) groups excluding carboxylic acids is 2. The van der Waals surface area contributed by atoms with E-state index in [4.69, 9.17) is 9.47 Å². The zero-order chi connectivity index (χ0) is 21.6. The molecule has 3 aromatic rings. The van der Waals surface area contributed by atoms with Gasteiger partial charge in [-0.25, -0.2) is 0 Å². The Morgan fingerprint density at radius 1 is 1.06 bits per heavy atom. The van der Waals surface area contributed by atoms with Gasteiger partial charge in [0.2, 0.25) is 0 Å². The van der Waals surface area contributed by atoms with E-state index in [1.165, 1.54) is 11.3 Å². The molecule has 160 valence electrons. The molecule has 1 atom stereocenters. The number of benzene rings is 2. The first kappa shape index (κ1) is 21.1. The van der Waals surface area contributed by atoms with Crippen LogP contribution in [0.1, 0.15) is 29.4 Å². The number of hydrogen-bond acceptors (Lipinski definition) is 5. The number of rotatable bonds is 7. The molecule has 1 aliphatic heterocycles. The highest BCUT2D eigenvalue weighted by Gasteiger charge is 2.23. The molecule has 1 aliphatic rings. The van der Waals surface area contributed by atoms with Crippen molar-refractivity contribution >= 4 is 34.5 Å². The summed E-state index contributed by atoms with van der Waals surface area (Å²) in [6.07, 6.45) is 1.27. The molecular formula is C24H24N2O4S. The van der Waals surface area contributed by atoms with Gasteiger partial charge in [0.15, 0.2) is 0 Å². The van der Waals surface area contributed by atoms with Crippen molar-refractivity contribution < 1.29 is 19.1 Å². The van der Waals surface area contributed by atoms with Gasteiger partial charge in [-0.05, 0) is 55.7 Å². The monoisotopic (exact) mass is 436 g/mol. The van der Waals surface area contributed by atoms with Gasteiger partial charge in [0.05, 0.1) is 6.61 Å². The summed E-state index contributed by atoms with van der Waals surface area (Å²) in [5, 5.41) is 5.76. The first-order valence-electron chi connectivity index (χ1n) is 10.3. The number of ether oxygens (including phenoxy) is 2. The Hall–Kier alpha value is -3.16. The van der Waals surface area contributed by atoms with Crippen LogP contribution >= 0.6 is 11.3 Å². The number of hydrogen-bond donors (Lipinski definition) is 2. The van der Waals surface area contributed by atoms with Crippen molar-refractivity contribution in [2.45, 2.75) is 25.9 Å². The van der Waals surface area contributed by atoms with Crippen LogP contribution in [0.15, 0.2) is 60.7 Å². The number of carbonyl (C=O) groups is 2. The average Bonchev–Trinajstić information content (AvgIpc) is 3.47. The average molecular weight is 437 g/mol. The lowest BCUT2D eigenvalue weighted by Gasteiger charge is -2.11. The van der Waals surface area contributed by atoms with Gasteiger partial charge < -0.3 is 20.1 Å². The molecule has 6 nitrogen and oxygen atoms in total. The van der Waals surface area contributed by atoms with E-state index in [0.717, 1.165) is 23.3 Å². The van der Waals surface area contributed by atoms with E-state index in [2.05, 4.69) is 10.6 Å². The summed E-state index contributed by atoms with van der Waals surface area (Å²) in [6.45, 7) is 3.00. The van der Waals surface area contributed by atoms with Crippen LogP contribution in [0.4, 0.5) is 11.4 Å². The lowest BCUT2D eigenvalue weighted by Crippen LogP contribution is -2.26. The summed E-state index contributed by atoms with van der Waals surface area (Å²) in [5.74, 6) is 0.207. The van der Waals surface area contributed by atoms with E-state index < -0.39 is 0 Å². The van der Waals surface area contributed by atoms with Crippen LogP contribution in [0.5, 0.6) is 5.75 Å². The molecule has 2 heterocycles. The third-order valence-electron chi connectivity index (χ3n) is 4.89. The van der Waals surface area contributed by atoms with Crippen molar-refractivity contribution in [3.05, 3.63) is 65.5 Å². The van der Waals surface area contributed by atoms with E-state index in [-0.39, 0.29) is 17.9 Å². The van der Waals surface area contributed by atoms with Gasteiger partial charge in [-0.2, -0.15) is 0 Å². The molecule has 0 aliphatic carbocycles. The first-order valence-corrected chi connectivity index (χ1v) is 11.1. The fourth-order valence-corrected chi connectivity index (χ4v) is 4.37. The molecule has 1 unspecified atom stereocenters. The topological polar surface area (TPSA) is 76.7 Å². The first-order chi connectivity index (χ1) is 15.1. The standard InChI is InChI=1S/C24H24N2O4S/c1-2-29-20-15-21(16-7-4-3-5-8-16)31-22(20)24(28)26-18-12-10-17(11-13-18)25-23(27)19-9-6-14-30-19/h3-5,7-8,10-13,15,19H,2,6,9,14H2,1H3,(H,25,27)(H,26,28). The van der Waals surface area contributed by atoms with Gasteiger partial charge in [0.25, 0.3) is 11.8 Å². The molecule has 0 saturated carbocycles. The minimum atomic E-state index is -0.381. The Balaban J connectivity index is 1.45. The summed E-state index contributed by atoms with van der Waals surface area (Å²) in [6, 6.07) is 18.8. The van der Waals surface area contributed by atoms with E-state index >= 15 is 0 Å². The van der Waals surface area contributed by atoms with Crippen LogP contribution in [-0.4, -0.2) is 31.1 Å². The van der Waals surface area contributed by atoms with Crippen molar-refractivity contribution in [3.8, 4) is 16.2 Å². The minimum Gasteiger partial charge on any atom is -0.492 e. The van der Waals surface area contributed by atoms with Crippen molar-refractivity contribution in [1.29, 1.82) is 0 Å². The van der Waals surface area contributed by atoms with E-state index in [9.17, 15) is 9.59 Å². The summed E-state index contributed by atoms with van der Waals surface area (Å²) < 4.78 is 11.1. The molecule has 1 saturated heterocycles. The molecule has 2 aromatic carbocycles. The zero-order valence-corrected chi connectivity index (χ0v) is 18.0. The number of amides is 2. The van der Waals surface area contributed by atoms with Gasteiger partial charge in [0.1, 0.15) is 16.7 Å². The van der Waals surface area contributed by atoms with Crippen LogP contribution in [0.2, 0.25) is 0 Å². The van der Waals surface area contributed by atoms with Crippen molar-refractivity contribution in [2.75, 3.05) is 23.8 Å². The third kappa shape index (κ3) is 5.13. The van der Waals surface area contributed by atoms with E-state index in [0.29, 0.717) is 35.2 Å². The Kier molecular flexibility index (Phi) is 6.64.